The van der Waals surface area contributed by atoms with Crippen LogP contribution >= 0.6 is 0 Å². The maximum Gasteiger partial charge on any atom is 0.00817 e. The molecule has 1 aliphatic carbocycles. The van der Waals surface area contributed by atoms with E-state index in [1.54, 1.807) is 0 Å². The Morgan fingerprint density at radius 3 is 2.76 bits per heavy atom. The molecule has 1 heterocycles. The second-order valence-electron chi connectivity index (χ2n) is 6.48. The molecule has 100 valence electrons. The Morgan fingerprint density at radius 1 is 1.24 bits per heavy atom. The molecule has 2 nitrogen and oxygen atoms in total. The molecule has 2 aliphatic rings. The van der Waals surface area contributed by atoms with Gasteiger partial charge in [-0.05, 0) is 64.0 Å². The topological polar surface area (TPSA) is 24.1 Å². The number of rotatable bonds is 5. The predicted molar refractivity (Wildman–Crippen MR) is 74.2 cm³/mol. The van der Waals surface area contributed by atoms with Crippen molar-refractivity contribution < 1.29 is 0 Å². The highest BCUT2D eigenvalue weighted by molar-refractivity contribution is 4.79. The van der Waals surface area contributed by atoms with Gasteiger partial charge in [-0.2, -0.15) is 0 Å². The molecule has 0 spiro atoms. The first-order chi connectivity index (χ1) is 8.24. The van der Waals surface area contributed by atoms with Crippen molar-refractivity contribution in [1.82, 2.24) is 10.6 Å². The molecule has 1 saturated heterocycles. The molecular weight excluding hydrogens is 208 g/mol. The van der Waals surface area contributed by atoms with E-state index < -0.39 is 0 Å². The highest BCUT2D eigenvalue weighted by Gasteiger charge is 2.22. The highest BCUT2D eigenvalue weighted by atomic mass is 15.0. The van der Waals surface area contributed by atoms with Crippen molar-refractivity contribution in [3.8, 4) is 0 Å². The van der Waals surface area contributed by atoms with Crippen LogP contribution in [-0.4, -0.2) is 25.2 Å². The zero-order valence-electron chi connectivity index (χ0n) is 11.7. The largest absolute Gasteiger partial charge is 0.314 e. The third kappa shape index (κ3) is 4.59. The van der Waals surface area contributed by atoms with Gasteiger partial charge in [0.05, 0.1) is 0 Å². The van der Waals surface area contributed by atoms with E-state index in [1.807, 2.05) is 0 Å². The first-order valence-electron chi connectivity index (χ1n) is 7.71. The lowest BCUT2D eigenvalue weighted by molar-refractivity contribution is 0.334. The van der Waals surface area contributed by atoms with Crippen LogP contribution < -0.4 is 10.6 Å². The van der Waals surface area contributed by atoms with Crippen molar-refractivity contribution in [3.63, 3.8) is 0 Å². The zero-order valence-corrected chi connectivity index (χ0v) is 11.7. The summed E-state index contributed by atoms with van der Waals surface area (Å²) >= 11 is 0. The van der Waals surface area contributed by atoms with Gasteiger partial charge in [-0.3, -0.25) is 0 Å². The van der Waals surface area contributed by atoms with Crippen LogP contribution in [0, 0.1) is 11.8 Å². The van der Waals surface area contributed by atoms with Gasteiger partial charge in [-0.25, -0.2) is 0 Å². The Labute approximate surface area is 107 Å². The van der Waals surface area contributed by atoms with Crippen molar-refractivity contribution in [2.75, 3.05) is 13.1 Å². The normalized spacial score (nSPS) is 36.0. The molecule has 17 heavy (non-hydrogen) atoms. The Morgan fingerprint density at radius 2 is 2.12 bits per heavy atom. The fraction of sp³-hybridized carbons (Fsp3) is 1.00. The molecular formula is C15H30N2. The van der Waals surface area contributed by atoms with E-state index >= 15 is 0 Å². The van der Waals surface area contributed by atoms with Gasteiger partial charge in [0.15, 0.2) is 0 Å². The van der Waals surface area contributed by atoms with E-state index in [9.17, 15) is 0 Å². The Bertz CT molecular complexity index is 211. The van der Waals surface area contributed by atoms with Crippen molar-refractivity contribution in [2.24, 2.45) is 11.8 Å². The van der Waals surface area contributed by atoms with Gasteiger partial charge in [0.25, 0.3) is 0 Å². The number of hydrogen-bond acceptors (Lipinski definition) is 2. The molecule has 2 fully saturated rings. The quantitative estimate of drug-likeness (QED) is 0.769. The molecule has 1 aliphatic heterocycles. The summed E-state index contributed by atoms with van der Waals surface area (Å²) in [4.78, 5) is 0. The van der Waals surface area contributed by atoms with Crippen LogP contribution in [0.1, 0.15) is 58.8 Å². The zero-order chi connectivity index (χ0) is 12.1. The summed E-state index contributed by atoms with van der Waals surface area (Å²) in [6.07, 6.45) is 9.83. The van der Waals surface area contributed by atoms with Gasteiger partial charge < -0.3 is 10.6 Å². The molecule has 2 heteroatoms. The average Bonchev–Trinajstić information content (AvgIpc) is 2.74. The minimum absolute atomic E-state index is 0.682. The number of hydrogen-bond donors (Lipinski definition) is 2. The minimum atomic E-state index is 0.682. The fourth-order valence-electron chi connectivity index (χ4n) is 3.51. The molecule has 4 atom stereocenters. The van der Waals surface area contributed by atoms with Gasteiger partial charge >= 0.3 is 0 Å². The van der Waals surface area contributed by atoms with Crippen LogP contribution in [0.4, 0.5) is 0 Å². The molecule has 1 saturated carbocycles. The first kappa shape index (κ1) is 13.4. The van der Waals surface area contributed by atoms with E-state index in [1.165, 1.54) is 58.0 Å². The van der Waals surface area contributed by atoms with E-state index in [0.29, 0.717) is 6.04 Å². The molecule has 0 aromatic heterocycles. The third-order valence-electron chi connectivity index (χ3n) is 4.61. The van der Waals surface area contributed by atoms with Gasteiger partial charge in [0, 0.05) is 12.1 Å². The van der Waals surface area contributed by atoms with Crippen molar-refractivity contribution >= 4 is 0 Å². The third-order valence-corrected chi connectivity index (χ3v) is 4.61. The van der Waals surface area contributed by atoms with Gasteiger partial charge in [0.2, 0.25) is 0 Å². The molecule has 0 aromatic carbocycles. The summed E-state index contributed by atoms with van der Waals surface area (Å²) < 4.78 is 0. The monoisotopic (exact) mass is 238 g/mol. The summed E-state index contributed by atoms with van der Waals surface area (Å²) in [7, 11) is 0. The van der Waals surface area contributed by atoms with Crippen LogP contribution in [0.5, 0.6) is 0 Å². The lowest BCUT2D eigenvalue weighted by Crippen LogP contribution is -2.40. The molecule has 0 amide bonds. The standard InChI is InChI=1S/C15H30N2/c1-12-6-7-14(9-12)11-17-13(2)10-15-5-3-4-8-16-15/h12-17H,3-11H2,1-2H3. The Hall–Kier alpha value is -0.0800. The van der Waals surface area contributed by atoms with Crippen molar-refractivity contribution in [1.29, 1.82) is 0 Å². The van der Waals surface area contributed by atoms with E-state index in [-0.39, 0.29) is 0 Å². The van der Waals surface area contributed by atoms with Crippen molar-refractivity contribution in [3.05, 3.63) is 0 Å². The summed E-state index contributed by atoms with van der Waals surface area (Å²) in [5.41, 5.74) is 0. The van der Waals surface area contributed by atoms with Crippen LogP contribution in [0.25, 0.3) is 0 Å². The van der Waals surface area contributed by atoms with Crippen molar-refractivity contribution in [2.45, 2.75) is 70.9 Å². The minimum Gasteiger partial charge on any atom is -0.314 e. The van der Waals surface area contributed by atoms with E-state index in [4.69, 9.17) is 0 Å². The Kier molecular flexibility index (Phi) is 5.30. The lowest BCUT2D eigenvalue weighted by atomic mass is 9.98. The van der Waals surface area contributed by atoms with E-state index in [0.717, 1.165) is 17.9 Å². The lowest BCUT2D eigenvalue weighted by Gasteiger charge is -2.27. The number of nitrogens with one attached hydrogen (secondary N) is 2. The highest BCUT2D eigenvalue weighted by Crippen LogP contribution is 2.29. The van der Waals surface area contributed by atoms with E-state index in [2.05, 4.69) is 24.5 Å². The molecule has 2 rings (SSSR count). The number of piperidine rings is 1. The average molecular weight is 238 g/mol. The smallest absolute Gasteiger partial charge is 0.00817 e. The van der Waals surface area contributed by atoms with Crippen LogP contribution in [-0.2, 0) is 0 Å². The molecule has 2 N–H and O–H groups in total. The van der Waals surface area contributed by atoms with Crippen LogP contribution in [0.15, 0.2) is 0 Å². The second-order valence-corrected chi connectivity index (χ2v) is 6.48. The summed E-state index contributed by atoms with van der Waals surface area (Å²) in [6, 6.07) is 1.45. The fourth-order valence-corrected chi connectivity index (χ4v) is 3.51. The van der Waals surface area contributed by atoms with Crippen LogP contribution in [0.3, 0.4) is 0 Å². The Balaban J connectivity index is 1.58. The summed E-state index contributed by atoms with van der Waals surface area (Å²) in [5.74, 6) is 1.92. The molecule has 0 radical (unpaired) electrons. The molecule has 0 bridgehead atoms. The van der Waals surface area contributed by atoms with Gasteiger partial charge in [0.1, 0.15) is 0 Å². The maximum atomic E-state index is 3.75. The second kappa shape index (κ2) is 6.75. The van der Waals surface area contributed by atoms with Gasteiger partial charge in [-0.15, -0.1) is 0 Å². The summed E-state index contributed by atoms with van der Waals surface area (Å²) in [5, 5.41) is 7.40. The summed E-state index contributed by atoms with van der Waals surface area (Å²) in [6.45, 7) is 7.24. The SMILES string of the molecule is CC1CCC(CNC(C)CC2CCCCN2)C1. The van der Waals surface area contributed by atoms with Crippen LogP contribution in [0.2, 0.25) is 0 Å². The molecule has 4 unspecified atom stereocenters. The van der Waals surface area contributed by atoms with Gasteiger partial charge in [-0.1, -0.05) is 19.8 Å². The first-order valence-corrected chi connectivity index (χ1v) is 7.71. The maximum absolute atomic E-state index is 3.75. The molecule has 0 aromatic rings. The predicted octanol–water partition coefficient (Wildman–Crippen LogP) is 2.93.